The Morgan fingerprint density at radius 1 is 1.00 bits per heavy atom. The van der Waals surface area contributed by atoms with Crippen molar-refractivity contribution in [2.24, 2.45) is 0 Å². The molecular formula is C19H18N2O4. The number of hydrogen-bond acceptors (Lipinski definition) is 4. The molecule has 1 fully saturated rings. The first-order valence-corrected chi connectivity index (χ1v) is 7.96. The largest absolute Gasteiger partial charge is 0.445 e. The summed E-state index contributed by atoms with van der Waals surface area (Å²) in [6.45, 7) is 1.64. The van der Waals surface area contributed by atoms with Crippen LogP contribution in [0.2, 0.25) is 0 Å². The van der Waals surface area contributed by atoms with Crippen molar-refractivity contribution < 1.29 is 19.1 Å². The van der Waals surface area contributed by atoms with E-state index in [2.05, 4.69) is 5.32 Å². The third-order valence-electron chi connectivity index (χ3n) is 4.10. The Morgan fingerprint density at radius 2 is 1.60 bits per heavy atom. The van der Waals surface area contributed by atoms with Gasteiger partial charge in [-0.25, -0.2) is 4.79 Å². The van der Waals surface area contributed by atoms with E-state index >= 15 is 0 Å². The van der Waals surface area contributed by atoms with Gasteiger partial charge in [-0.2, -0.15) is 0 Å². The first kappa shape index (κ1) is 16.7. The Kier molecular flexibility index (Phi) is 4.79. The summed E-state index contributed by atoms with van der Waals surface area (Å²) < 4.78 is 5.34. The van der Waals surface area contributed by atoms with Crippen LogP contribution < -0.4 is 5.32 Å². The molecule has 1 aliphatic rings. The molecule has 0 aromatic heterocycles. The van der Waals surface area contributed by atoms with Crippen molar-refractivity contribution in [1.82, 2.24) is 10.2 Å². The molecule has 3 rings (SSSR count). The Labute approximate surface area is 145 Å². The summed E-state index contributed by atoms with van der Waals surface area (Å²) in [5, 5.41) is 2.31. The molecule has 0 aliphatic carbocycles. The molecular weight excluding hydrogens is 320 g/mol. The van der Waals surface area contributed by atoms with Crippen molar-refractivity contribution >= 4 is 17.9 Å². The van der Waals surface area contributed by atoms with Crippen LogP contribution in [0, 0.1) is 0 Å². The lowest BCUT2D eigenvalue weighted by atomic mass is 10.00. The molecule has 1 aliphatic heterocycles. The molecule has 25 heavy (non-hydrogen) atoms. The van der Waals surface area contributed by atoms with Crippen molar-refractivity contribution in [3.8, 4) is 0 Å². The van der Waals surface area contributed by atoms with Gasteiger partial charge in [0.1, 0.15) is 18.7 Å². The molecule has 0 bridgehead atoms. The minimum atomic E-state index is -0.905. The van der Waals surface area contributed by atoms with Gasteiger partial charge in [0, 0.05) is 0 Å². The number of rotatable bonds is 3. The monoisotopic (exact) mass is 338 g/mol. The average molecular weight is 338 g/mol. The number of imide groups is 1. The summed E-state index contributed by atoms with van der Waals surface area (Å²) in [5.74, 6) is -1.06. The normalized spacial score (nSPS) is 20.1. The van der Waals surface area contributed by atoms with E-state index in [1.54, 1.807) is 31.2 Å². The molecule has 2 aromatic carbocycles. The maximum Gasteiger partial charge on any atom is 0.411 e. The van der Waals surface area contributed by atoms with Crippen LogP contribution in [0.3, 0.4) is 0 Å². The van der Waals surface area contributed by atoms with Crippen molar-refractivity contribution in [2.45, 2.75) is 25.6 Å². The van der Waals surface area contributed by atoms with E-state index in [9.17, 15) is 14.4 Å². The zero-order valence-corrected chi connectivity index (χ0v) is 13.7. The maximum absolute atomic E-state index is 12.6. The van der Waals surface area contributed by atoms with Gasteiger partial charge in [-0.05, 0) is 18.1 Å². The Balaban J connectivity index is 1.84. The SMILES string of the molecule is CC1C(=O)NC(=O)C(c2ccccc2)N1C(=O)OCc1ccccc1. The van der Waals surface area contributed by atoms with E-state index in [1.807, 2.05) is 36.4 Å². The van der Waals surface area contributed by atoms with Crippen molar-refractivity contribution in [3.63, 3.8) is 0 Å². The third-order valence-corrected chi connectivity index (χ3v) is 4.10. The van der Waals surface area contributed by atoms with Crippen LogP contribution in [0.1, 0.15) is 24.1 Å². The summed E-state index contributed by atoms with van der Waals surface area (Å²) >= 11 is 0. The van der Waals surface area contributed by atoms with Gasteiger partial charge in [-0.15, -0.1) is 0 Å². The lowest BCUT2D eigenvalue weighted by molar-refractivity contribution is -0.143. The highest BCUT2D eigenvalue weighted by molar-refractivity contribution is 6.05. The summed E-state index contributed by atoms with van der Waals surface area (Å²) in [4.78, 5) is 38.2. The zero-order valence-electron chi connectivity index (χ0n) is 13.7. The van der Waals surface area contributed by atoms with Crippen LogP contribution >= 0.6 is 0 Å². The topological polar surface area (TPSA) is 75.7 Å². The zero-order chi connectivity index (χ0) is 17.8. The molecule has 6 heteroatoms. The van der Waals surface area contributed by atoms with E-state index in [0.29, 0.717) is 5.56 Å². The second kappa shape index (κ2) is 7.17. The van der Waals surface area contributed by atoms with E-state index in [-0.39, 0.29) is 6.61 Å². The molecule has 0 saturated carbocycles. The van der Waals surface area contributed by atoms with E-state index < -0.39 is 30.0 Å². The fraction of sp³-hybridized carbons (Fsp3) is 0.211. The second-order valence-electron chi connectivity index (χ2n) is 5.79. The number of carbonyl (C=O) groups excluding carboxylic acids is 3. The number of carbonyl (C=O) groups is 3. The van der Waals surface area contributed by atoms with Gasteiger partial charge in [-0.3, -0.25) is 19.8 Å². The van der Waals surface area contributed by atoms with Crippen molar-refractivity contribution in [2.75, 3.05) is 0 Å². The molecule has 1 saturated heterocycles. The van der Waals surface area contributed by atoms with Crippen LogP contribution in [0.5, 0.6) is 0 Å². The number of ether oxygens (including phenoxy) is 1. The second-order valence-corrected chi connectivity index (χ2v) is 5.79. The first-order valence-electron chi connectivity index (χ1n) is 7.96. The van der Waals surface area contributed by atoms with E-state index in [4.69, 9.17) is 4.74 Å². The van der Waals surface area contributed by atoms with Crippen LogP contribution in [0.4, 0.5) is 4.79 Å². The Bertz CT molecular complexity index is 777. The van der Waals surface area contributed by atoms with Gasteiger partial charge in [-0.1, -0.05) is 60.7 Å². The van der Waals surface area contributed by atoms with Crippen LogP contribution in [0.25, 0.3) is 0 Å². The van der Waals surface area contributed by atoms with Gasteiger partial charge in [0.25, 0.3) is 5.91 Å². The smallest absolute Gasteiger partial charge is 0.411 e. The molecule has 0 spiro atoms. The fourth-order valence-electron chi connectivity index (χ4n) is 2.78. The van der Waals surface area contributed by atoms with Gasteiger partial charge >= 0.3 is 6.09 Å². The molecule has 2 aromatic rings. The van der Waals surface area contributed by atoms with Gasteiger partial charge in [0.2, 0.25) is 5.91 Å². The van der Waals surface area contributed by atoms with Gasteiger partial charge in [0.05, 0.1) is 0 Å². The van der Waals surface area contributed by atoms with Crippen LogP contribution in [-0.4, -0.2) is 28.8 Å². The lowest BCUT2D eigenvalue weighted by Gasteiger charge is -2.37. The lowest BCUT2D eigenvalue weighted by Crippen LogP contribution is -2.60. The van der Waals surface area contributed by atoms with Gasteiger partial charge in [0.15, 0.2) is 0 Å². The molecule has 128 valence electrons. The Hall–Kier alpha value is -3.15. The highest BCUT2D eigenvalue weighted by atomic mass is 16.6. The summed E-state index contributed by atoms with van der Waals surface area (Å²) in [6, 6.07) is 16.3. The quantitative estimate of drug-likeness (QED) is 0.872. The van der Waals surface area contributed by atoms with Gasteiger partial charge < -0.3 is 4.74 Å². The number of amides is 3. The molecule has 2 unspecified atom stereocenters. The average Bonchev–Trinajstić information content (AvgIpc) is 2.64. The highest BCUT2D eigenvalue weighted by Crippen LogP contribution is 2.27. The number of hydrogen-bond donors (Lipinski definition) is 1. The van der Waals surface area contributed by atoms with Crippen molar-refractivity contribution in [3.05, 3.63) is 71.8 Å². The van der Waals surface area contributed by atoms with Crippen molar-refractivity contribution in [1.29, 1.82) is 0 Å². The first-order chi connectivity index (χ1) is 12.1. The summed E-state index contributed by atoms with van der Waals surface area (Å²) in [5.41, 5.74) is 1.45. The van der Waals surface area contributed by atoms with Crippen LogP contribution in [0.15, 0.2) is 60.7 Å². The molecule has 1 heterocycles. The summed E-state index contributed by atoms with van der Waals surface area (Å²) in [6.07, 6.45) is -0.701. The number of piperazine rings is 1. The van der Waals surface area contributed by atoms with Crippen LogP contribution in [-0.2, 0) is 20.9 Å². The number of nitrogens with zero attached hydrogens (tertiary/aromatic N) is 1. The minimum Gasteiger partial charge on any atom is -0.445 e. The van der Waals surface area contributed by atoms with E-state index in [0.717, 1.165) is 5.56 Å². The third kappa shape index (κ3) is 3.52. The standard InChI is InChI=1S/C19H18N2O4/c1-13-17(22)20-18(23)16(15-10-6-3-7-11-15)21(13)19(24)25-12-14-8-4-2-5-9-14/h2-11,13,16H,12H2,1H3,(H,20,22,23). The predicted octanol–water partition coefficient (Wildman–Crippen LogP) is 2.41. The predicted molar refractivity (Wildman–Crippen MR) is 90.3 cm³/mol. The number of benzene rings is 2. The molecule has 1 N–H and O–H groups in total. The molecule has 0 radical (unpaired) electrons. The molecule has 3 amide bonds. The molecule has 2 atom stereocenters. The highest BCUT2D eigenvalue weighted by Gasteiger charge is 2.43. The maximum atomic E-state index is 12.6. The number of nitrogens with one attached hydrogen (secondary N) is 1. The summed E-state index contributed by atoms with van der Waals surface area (Å²) in [7, 11) is 0. The fourth-order valence-corrected chi connectivity index (χ4v) is 2.78. The minimum absolute atomic E-state index is 0.0697. The van der Waals surface area contributed by atoms with E-state index in [1.165, 1.54) is 4.90 Å². The Morgan fingerprint density at radius 3 is 2.24 bits per heavy atom. The molecule has 6 nitrogen and oxygen atoms in total.